The molecule has 3 nitrogen and oxygen atoms in total. The van der Waals surface area contributed by atoms with Crippen LogP contribution in [0.5, 0.6) is 0 Å². The molecule has 0 aromatic carbocycles. The Morgan fingerprint density at radius 3 is 2.70 bits per heavy atom. The Labute approximate surface area is 66.8 Å². The Morgan fingerprint density at radius 2 is 2.40 bits per heavy atom. The molecule has 0 spiro atoms. The van der Waals surface area contributed by atoms with Crippen molar-refractivity contribution in [1.82, 2.24) is 5.32 Å². The van der Waals surface area contributed by atoms with Crippen molar-refractivity contribution >= 4 is 12.4 Å². The molecule has 10 heavy (non-hydrogen) atoms. The van der Waals surface area contributed by atoms with Gasteiger partial charge in [-0.2, -0.15) is 5.26 Å². The predicted molar refractivity (Wildman–Crippen MR) is 40.1 cm³/mol. The molecular weight excluding hydrogens is 152 g/mol. The van der Waals surface area contributed by atoms with E-state index in [9.17, 15) is 0 Å². The van der Waals surface area contributed by atoms with Gasteiger partial charge in [0.1, 0.15) is 0 Å². The van der Waals surface area contributed by atoms with Crippen molar-refractivity contribution in [2.75, 3.05) is 19.7 Å². The van der Waals surface area contributed by atoms with Gasteiger partial charge in [-0.1, -0.05) is 0 Å². The lowest BCUT2D eigenvalue weighted by Gasteiger charge is -2.27. The minimum atomic E-state index is -0.585. The second-order valence-electron chi connectivity index (χ2n) is 2.37. The van der Waals surface area contributed by atoms with E-state index in [0.29, 0.717) is 13.2 Å². The number of nitrogens with one attached hydrogen (secondary N) is 1. The summed E-state index contributed by atoms with van der Waals surface area (Å²) in [5.41, 5.74) is -0.585. The first-order valence-corrected chi connectivity index (χ1v) is 3.03. The molecule has 1 atom stereocenters. The van der Waals surface area contributed by atoms with Crippen LogP contribution in [0.3, 0.4) is 0 Å². The second-order valence-corrected chi connectivity index (χ2v) is 2.37. The van der Waals surface area contributed by atoms with Crippen molar-refractivity contribution in [3.8, 4) is 6.07 Å². The van der Waals surface area contributed by atoms with Crippen LogP contribution < -0.4 is 5.32 Å². The van der Waals surface area contributed by atoms with Gasteiger partial charge in [0, 0.05) is 13.1 Å². The molecule has 1 unspecified atom stereocenters. The molecule has 0 aromatic rings. The molecule has 0 saturated carbocycles. The highest BCUT2D eigenvalue weighted by Gasteiger charge is 2.26. The highest BCUT2D eigenvalue weighted by atomic mass is 35.5. The number of morpholine rings is 1. The third-order valence-corrected chi connectivity index (χ3v) is 1.40. The van der Waals surface area contributed by atoms with Gasteiger partial charge in [0.05, 0.1) is 12.7 Å². The van der Waals surface area contributed by atoms with Crippen LogP contribution in [0.4, 0.5) is 0 Å². The number of nitrogens with zero attached hydrogens (tertiary/aromatic N) is 1. The van der Waals surface area contributed by atoms with Crippen LogP contribution in [0, 0.1) is 11.3 Å². The van der Waals surface area contributed by atoms with Crippen LogP contribution in [-0.4, -0.2) is 25.3 Å². The van der Waals surface area contributed by atoms with Crippen molar-refractivity contribution in [3.63, 3.8) is 0 Å². The van der Waals surface area contributed by atoms with Gasteiger partial charge in [-0.25, -0.2) is 0 Å². The molecule has 1 saturated heterocycles. The Hall–Kier alpha value is -0.300. The van der Waals surface area contributed by atoms with E-state index >= 15 is 0 Å². The average Bonchev–Trinajstić information content (AvgIpc) is 1.90. The summed E-state index contributed by atoms with van der Waals surface area (Å²) in [5, 5.41) is 11.6. The lowest BCUT2D eigenvalue weighted by atomic mass is 10.1. The van der Waals surface area contributed by atoms with E-state index in [1.54, 1.807) is 6.92 Å². The molecule has 1 fully saturated rings. The zero-order valence-electron chi connectivity index (χ0n) is 5.89. The third-order valence-electron chi connectivity index (χ3n) is 1.40. The maximum absolute atomic E-state index is 8.54. The highest BCUT2D eigenvalue weighted by molar-refractivity contribution is 5.85. The molecule has 1 heterocycles. The van der Waals surface area contributed by atoms with E-state index in [1.807, 2.05) is 0 Å². The smallest absolute Gasteiger partial charge is 0.163 e. The molecule has 0 amide bonds. The molecule has 0 aliphatic carbocycles. The van der Waals surface area contributed by atoms with Gasteiger partial charge in [0.2, 0.25) is 0 Å². The summed E-state index contributed by atoms with van der Waals surface area (Å²) in [6.07, 6.45) is 0. The average molecular weight is 163 g/mol. The molecule has 1 N–H and O–H groups in total. The number of hydrogen-bond acceptors (Lipinski definition) is 3. The lowest BCUT2D eigenvalue weighted by Crippen LogP contribution is -2.46. The van der Waals surface area contributed by atoms with Crippen molar-refractivity contribution in [1.29, 1.82) is 5.26 Å². The summed E-state index contributed by atoms with van der Waals surface area (Å²) in [7, 11) is 0. The zero-order chi connectivity index (χ0) is 6.74. The van der Waals surface area contributed by atoms with Crippen molar-refractivity contribution < 1.29 is 4.74 Å². The fourth-order valence-corrected chi connectivity index (χ4v) is 0.798. The van der Waals surface area contributed by atoms with Crippen molar-refractivity contribution in [3.05, 3.63) is 0 Å². The first-order valence-electron chi connectivity index (χ1n) is 3.03. The van der Waals surface area contributed by atoms with Crippen LogP contribution in [-0.2, 0) is 4.74 Å². The quantitative estimate of drug-likeness (QED) is 0.558. The van der Waals surface area contributed by atoms with E-state index in [4.69, 9.17) is 10.00 Å². The Kier molecular flexibility index (Phi) is 3.66. The molecule has 0 aromatic heterocycles. The minimum Gasteiger partial charge on any atom is -0.358 e. The highest BCUT2D eigenvalue weighted by Crippen LogP contribution is 2.09. The molecule has 4 heteroatoms. The molecule has 58 valence electrons. The van der Waals surface area contributed by atoms with E-state index < -0.39 is 5.60 Å². The first kappa shape index (κ1) is 9.70. The Morgan fingerprint density at radius 1 is 1.70 bits per heavy atom. The second kappa shape index (κ2) is 3.77. The SMILES string of the molecule is CC1(C#N)CNCCO1.Cl. The van der Waals surface area contributed by atoms with Gasteiger partial charge in [-0.3, -0.25) is 0 Å². The summed E-state index contributed by atoms with van der Waals surface area (Å²) in [6.45, 7) is 3.93. The molecule has 1 rings (SSSR count). The van der Waals surface area contributed by atoms with E-state index in [2.05, 4.69) is 11.4 Å². The number of ether oxygens (including phenoxy) is 1. The fourth-order valence-electron chi connectivity index (χ4n) is 0.798. The number of nitriles is 1. The molecule has 1 aliphatic rings. The van der Waals surface area contributed by atoms with Gasteiger partial charge in [0.15, 0.2) is 5.60 Å². The fraction of sp³-hybridized carbons (Fsp3) is 0.833. The first-order chi connectivity index (χ1) is 4.27. The van der Waals surface area contributed by atoms with Crippen LogP contribution in [0.1, 0.15) is 6.92 Å². The van der Waals surface area contributed by atoms with Crippen molar-refractivity contribution in [2.45, 2.75) is 12.5 Å². The van der Waals surface area contributed by atoms with Crippen LogP contribution in [0.2, 0.25) is 0 Å². The summed E-state index contributed by atoms with van der Waals surface area (Å²) in [6, 6.07) is 2.10. The predicted octanol–water partition coefficient (Wildman–Crippen LogP) is 0.310. The standard InChI is InChI=1S/C6H10N2O.ClH/c1-6(4-7)5-8-2-3-9-6;/h8H,2-3,5H2,1H3;1H. The minimum absolute atomic E-state index is 0. The summed E-state index contributed by atoms with van der Waals surface area (Å²) >= 11 is 0. The summed E-state index contributed by atoms with van der Waals surface area (Å²) < 4.78 is 5.19. The third kappa shape index (κ3) is 2.14. The summed E-state index contributed by atoms with van der Waals surface area (Å²) in [4.78, 5) is 0. The summed E-state index contributed by atoms with van der Waals surface area (Å²) in [5.74, 6) is 0. The van der Waals surface area contributed by atoms with Crippen molar-refractivity contribution in [2.24, 2.45) is 0 Å². The van der Waals surface area contributed by atoms with Gasteiger partial charge >= 0.3 is 0 Å². The zero-order valence-corrected chi connectivity index (χ0v) is 6.70. The lowest BCUT2D eigenvalue weighted by molar-refractivity contribution is -0.0113. The van der Waals surface area contributed by atoms with Gasteiger partial charge in [0.25, 0.3) is 0 Å². The van der Waals surface area contributed by atoms with Gasteiger partial charge < -0.3 is 10.1 Å². The van der Waals surface area contributed by atoms with Crippen LogP contribution in [0.15, 0.2) is 0 Å². The monoisotopic (exact) mass is 162 g/mol. The van der Waals surface area contributed by atoms with Gasteiger partial charge in [-0.15, -0.1) is 12.4 Å². The number of hydrogen-bond donors (Lipinski definition) is 1. The van der Waals surface area contributed by atoms with E-state index in [0.717, 1.165) is 6.54 Å². The molecule has 0 radical (unpaired) electrons. The van der Waals surface area contributed by atoms with Crippen LogP contribution in [0.25, 0.3) is 0 Å². The molecule has 0 bridgehead atoms. The Balaban J connectivity index is 0.000000810. The maximum atomic E-state index is 8.54. The van der Waals surface area contributed by atoms with Gasteiger partial charge in [-0.05, 0) is 6.92 Å². The largest absolute Gasteiger partial charge is 0.358 e. The normalized spacial score (nSPS) is 32.0. The maximum Gasteiger partial charge on any atom is 0.163 e. The van der Waals surface area contributed by atoms with Crippen LogP contribution >= 0.6 is 12.4 Å². The van der Waals surface area contributed by atoms with E-state index in [1.165, 1.54) is 0 Å². The molecule has 1 aliphatic heterocycles. The number of rotatable bonds is 0. The number of halogens is 1. The topological polar surface area (TPSA) is 45.0 Å². The molecular formula is C6H11ClN2O. The Bertz CT molecular complexity index is 137. The van der Waals surface area contributed by atoms with E-state index in [-0.39, 0.29) is 12.4 Å².